The summed E-state index contributed by atoms with van der Waals surface area (Å²) >= 11 is 0. The Hall–Kier alpha value is -3.66. The number of halogens is 3. The maximum atomic E-state index is 13.7. The van der Waals surface area contributed by atoms with Gasteiger partial charge in [-0.25, -0.2) is 0 Å². The highest BCUT2D eigenvalue weighted by Gasteiger charge is 2.50. The molecule has 1 aliphatic heterocycles. The van der Waals surface area contributed by atoms with Crippen molar-refractivity contribution in [3.8, 4) is 16.9 Å². The van der Waals surface area contributed by atoms with E-state index in [1.165, 1.54) is 56.7 Å². The standard InChI is InChI=1S/C34H38F3N5O2/c35-34(36,37)28-14-25(13-27(15-28)26-2-1-3-29(43)16-26)20-41-6-8-42(9-7-41)31-5-4-30(39-40-31)32(44)38-21-33-17-22-10-23(18-33)12-24(11-22)19-33/h1-5,13-16,22-24,43H,6-12,17-21H2,(H,38,44). The van der Waals surface area contributed by atoms with Crippen LogP contribution < -0.4 is 10.2 Å². The molecule has 5 aliphatic rings. The predicted octanol–water partition coefficient (Wildman–Crippen LogP) is 6.14. The van der Waals surface area contributed by atoms with E-state index in [9.17, 15) is 23.1 Å². The molecule has 8 rings (SSSR count). The zero-order valence-corrected chi connectivity index (χ0v) is 24.7. The van der Waals surface area contributed by atoms with E-state index in [0.29, 0.717) is 60.9 Å². The Morgan fingerprint density at radius 1 is 0.886 bits per heavy atom. The van der Waals surface area contributed by atoms with Gasteiger partial charge in [0, 0.05) is 39.3 Å². The van der Waals surface area contributed by atoms with Gasteiger partial charge in [0.2, 0.25) is 0 Å². The number of nitrogens with one attached hydrogen (secondary N) is 1. The van der Waals surface area contributed by atoms with E-state index in [0.717, 1.165) is 30.4 Å². The van der Waals surface area contributed by atoms with Crippen molar-refractivity contribution < 1.29 is 23.1 Å². The molecular formula is C34H38F3N5O2. The summed E-state index contributed by atoms with van der Waals surface area (Å²) in [5.41, 5.74) is 1.40. The van der Waals surface area contributed by atoms with Gasteiger partial charge in [-0.1, -0.05) is 12.1 Å². The summed E-state index contributed by atoms with van der Waals surface area (Å²) in [6, 6.07) is 13.9. The first-order chi connectivity index (χ1) is 21.1. The first-order valence-corrected chi connectivity index (χ1v) is 15.7. The van der Waals surface area contributed by atoms with E-state index in [1.807, 2.05) is 6.07 Å². The SMILES string of the molecule is O=C(NCC12CC3CC(CC(C3)C1)C2)c1ccc(N2CCN(Cc3cc(-c4cccc(O)c4)cc(C(F)(F)F)c3)CC2)nn1. The fraction of sp³-hybridized carbons (Fsp3) is 0.500. The number of phenolic OH excluding ortho intramolecular Hbond substituents is 1. The topological polar surface area (TPSA) is 81.6 Å². The molecule has 5 fully saturated rings. The van der Waals surface area contributed by atoms with Crippen molar-refractivity contribution in [1.82, 2.24) is 20.4 Å². The first kappa shape index (κ1) is 29.1. The van der Waals surface area contributed by atoms with Gasteiger partial charge in [0.15, 0.2) is 11.5 Å². The monoisotopic (exact) mass is 605 g/mol. The Labute approximate surface area is 255 Å². The van der Waals surface area contributed by atoms with Crippen LogP contribution in [-0.2, 0) is 12.7 Å². The highest BCUT2D eigenvalue weighted by atomic mass is 19.4. The largest absolute Gasteiger partial charge is 0.508 e. The van der Waals surface area contributed by atoms with Crippen LogP contribution in [0, 0.1) is 23.2 Å². The zero-order chi connectivity index (χ0) is 30.5. The molecule has 4 aliphatic carbocycles. The molecule has 10 heteroatoms. The molecule has 2 aromatic carbocycles. The van der Waals surface area contributed by atoms with Crippen molar-refractivity contribution in [2.75, 3.05) is 37.6 Å². The number of hydrogen-bond acceptors (Lipinski definition) is 6. The first-order valence-electron chi connectivity index (χ1n) is 15.7. The van der Waals surface area contributed by atoms with Crippen molar-refractivity contribution in [1.29, 1.82) is 0 Å². The number of aromatic nitrogens is 2. The summed E-state index contributed by atoms with van der Waals surface area (Å²) in [7, 11) is 0. The second-order valence-corrected chi connectivity index (χ2v) is 13.6. The average Bonchev–Trinajstić information content (AvgIpc) is 2.99. The fourth-order valence-corrected chi connectivity index (χ4v) is 8.67. The summed E-state index contributed by atoms with van der Waals surface area (Å²) in [4.78, 5) is 17.2. The third-order valence-electron chi connectivity index (χ3n) is 10.3. The van der Waals surface area contributed by atoms with Crippen LogP contribution in [0.25, 0.3) is 11.1 Å². The lowest BCUT2D eigenvalue weighted by molar-refractivity contribution is -0.137. The lowest BCUT2D eigenvalue weighted by Crippen LogP contribution is -2.51. The minimum Gasteiger partial charge on any atom is -0.508 e. The summed E-state index contributed by atoms with van der Waals surface area (Å²) in [5.74, 6) is 3.04. The van der Waals surface area contributed by atoms with E-state index in [1.54, 1.807) is 24.3 Å². The molecule has 0 spiro atoms. The van der Waals surface area contributed by atoms with Crippen LogP contribution in [0.4, 0.5) is 19.0 Å². The molecule has 232 valence electrons. The van der Waals surface area contributed by atoms with Gasteiger partial charge >= 0.3 is 6.18 Å². The number of piperazine rings is 1. The van der Waals surface area contributed by atoms with Crippen LogP contribution in [0.5, 0.6) is 5.75 Å². The third kappa shape index (κ3) is 6.14. The van der Waals surface area contributed by atoms with Crippen LogP contribution in [0.2, 0.25) is 0 Å². The van der Waals surface area contributed by atoms with Gasteiger partial charge in [-0.3, -0.25) is 9.69 Å². The number of rotatable bonds is 7. The second-order valence-electron chi connectivity index (χ2n) is 13.6. The van der Waals surface area contributed by atoms with Crippen molar-refractivity contribution in [3.05, 3.63) is 71.4 Å². The van der Waals surface area contributed by atoms with Crippen molar-refractivity contribution in [3.63, 3.8) is 0 Å². The molecular weight excluding hydrogens is 567 g/mol. The molecule has 2 heterocycles. The number of carbonyl (C=O) groups excluding carboxylic acids is 1. The number of benzene rings is 2. The number of anilines is 1. The maximum Gasteiger partial charge on any atom is 0.416 e. The lowest BCUT2D eigenvalue weighted by atomic mass is 9.49. The number of carbonyl (C=O) groups is 1. The normalized spacial score (nSPS) is 26.6. The Morgan fingerprint density at radius 3 is 2.20 bits per heavy atom. The molecule has 3 aromatic rings. The zero-order valence-electron chi connectivity index (χ0n) is 24.7. The number of nitrogens with zero attached hydrogens (tertiary/aromatic N) is 4. The number of amides is 1. The van der Waals surface area contributed by atoms with Gasteiger partial charge in [0.25, 0.3) is 5.91 Å². The molecule has 0 atom stereocenters. The Bertz CT molecular complexity index is 1480. The van der Waals surface area contributed by atoms with Crippen LogP contribution in [-0.4, -0.2) is 58.8 Å². The molecule has 0 radical (unpaired) electrons. The van der Waals surface area contributed by atoms with Gasteiger partial charge < -0.3 is 15.3 Å². The van der Waals surface area contributed by atoms with Gasteiger partial charge in [-0.05, 0) is 121 Å². The highest BCUT2D eigenvalue weighted by Crippen LogP contribution is 2.59. The number of hydrogen-bond donors (Lipinski definition) is 2. The van der Waals surface area contributed by atoms with E-state index >= 15 is 0 Å². The highest BCUT2D eigenvalue weighted by molar-refractivity contribution is 5.92. The van der Waals surface area contributed by atoms with Crippen LogP contribution in [0.1, 0.15) is 60.1 Å². The summed E-state index contributed by atoms with van der Waals surface area (Å²) in [5, 5.41) is 21.6. The number of aromatic hydroxyl groups is 1. The van der Waals surface area contributed by atoms with E-state index in [2.05, 4.69) is 25.3 Å². The summed E-state index contributed by atoms with van der Waals surface area (Å²) in [6.45, 7) is 3.68. The summed E-state index contributed by atoms with van der Waals surface area (Å²) < 4.78 is 41.2. The molecule has 2 N–H and O–H groups in total. The van der Waals surface area contributed by atoms with E-state index < -0.39 is 11.7 Å². The smallest absolute Gasteiger partial charge is 0.416 e. The molecule has 0 unspecified atom stereocenters. The Balaban J connectivity index is 0.948. The molecule has 1 aromatic heterocycles. The molecule has 7 nitrogen and oxygen atoms in total. The fourth-order valence-electron chi connectivity index (χ4n) is 8.67. The van der Waals surface area contributed by atoms with Crippen LogP contribution >= 0.6 is 0 Å². The Kier molecular flexibility index (Phi) is 7.51. The molecule has 4 bridgehead atoms. The van der Waals surface area contributed by atoms with Crippen molar-refractivity contribution in [2.45, 2.75) is 51.2 Å². The second kappa shape index (κ2) is 11.4. The molecule has 4 saturated carbocycles. The Morgan fingerprint density at radius 2 is 1.59 bits per heavy atom. The van der Waals surface area contributed by atoms with Crippen LogP contribution in [0.15, 0.2) is 54.6 Å². The third-order valence-corrected chi connectivity index (χ3v) is 10.3. The summed E-state index contributed by atoms with van der Waals surface area (Å²) in [6.07, 6.45) is 3.37. The predicted molar refractivity (Wildman–Crippen MR) is 161 cm³/mol. The molecule has 44 heavy (non-hydrogen) atoms. The van der Waals surface area contributed by atoms with Crippen molar-refractivity contribution in [2.24, 2.45) is 23.2 Å². The minimum atomic E-state index is -4.48. The quantitative estimate of drug-likeness (QED) is 0.337. The van der Waals surface area contributed by atoms with Gasteiger partial charge in [-0.2, -0.15) is 13.2 Å². The van der Waals surface area contributed by atoms with Gasteiger partial charge in [0.05, 0.1) is 5.56 Å². The average molecular weight is 606 g/mol. The van der Waals surface area contributed by atoms with E-state index in [4.69, 9.17) is 0 Å². The number of alkyl halides is 3. The number of phenols is 1. The lowest BCUT2D eigenvalue weighted by Gasteiger charge is -2.56. The van der Waals surface area contributed by atoms with Crippen molar-refractivity contribution >= 4 is 11.7 Å². The van der Waals surface area contributed by atoms with Gasteiger partial charge in [0.1, 0.15) is 5.75 Å². The minimum absolute atomic E-state index is 0.00636. The molecule has 1 saturated heterocycles. The van der Waals surface area contributed by atoms with Crippen LogP contribution in [0.3, 0.4) is 0 Å². The van der Waals surface area contributed by atoms with E-state index in [-0.39, 0.29) is 17.1 Å². The van der Waals surface area contributed by atoms with Gasteiger partial charge in [-0.15, -0.1) is 10.2 Å². The maximum absolute atomic E-state index is 13.7. The molecule has 1 amide bonds.